The summed E-state index contributed by atoms with van der Waals surface area (Å²) in [6.07, 6.45) is 8.87. The average Bonchev–Trinajstić information content (AvgIpc) is 3.14. The number of hydrogen-bond acceptors (Lipinski definition) is 4. The van der Waals surface area contributed by atoms with Crippen molar-refractivity contribution in [3.8, 4) is 0 Å². The van der Waals surface area contributed by atoms with E-state index in [1.807, 2.05) is 6.07 Å². The van der Waals surface area contributed by atoms with Crippen LogP contribution >= 0.6 is 0 Å². The molecule has 0 amide bonds. The van der Waals surface area contributed by atoms with Crippen LogP contribution in [0.5, 0.6) is 0 Å². The Bertz CT molecular complexity index is 709. The molecule has 1 N–H and O–H groups in total. The Labute approximate surface area is 142 Å². The molecule has 6 atom stereocenters. The van der Waals surface area contributed by atoms with E-state index in [2.05, 4.69) is 26.8 Å². The lowest BCUT2D eigenvalue weighted by Gasteiger charge is -2.65. The molecule has 4 nitrogen and oxygen atoms in total. The van der Waals surface area contributed by atoms with Gasteiger partial charge in [-0.1, -0.05) is 25.5 Å². The second kappa shape index (κ2) is 4.35. The lowest BCUT2D eigenvalue weighted by atomic mass is 9.44. The first-order valence-corrected chi connectivity index (χ1v) is 9.12. The first-order valence-electron chi connectivity index (χ1n) is 9.12. The number of rotatable bonds is 1. The minimum atomic E-state index is -0.735. The smallest absolute Gasteiger partial charge is 0.199 e. The lowest BCUT2D eigenvalue weighted by Crippen LogP contribution is -2.71. The molecule has 2 aliphatic heterocycles. The SMILES string of the molecule is CC1=CCC[C@@]23O[C@@]4(c5ccoc5)C[C@]2(C)[C@@H](C)C[C@H](O)[C@@]13CO4. The van der Waals surface area contributed by atoms with Gasteiger partial charge in [0.25, 0.3) is 0 Å². The highest BCUT2D eigenvalue weighted by Crippen LogP contribution is 2.75. The number of fused-ring (bicyclic) bond motifs is 1. The van der Waals surface area contributed by atoms with E-state index in [1.165, 1.54) is 5.57 Å². The third-order valence-corrected chi connectivity index (χ3v) is 7.96. The van der Waals surface area contributed by atoms with E-state index in [0.29, 0.717) is 12.5 Å². The van der Waals surface area contributed by atoms with Gasteiger partial charge in [0.15, 0.2) is 5.79 Å². The van der Waals surface area contributed by atoms with Crippen molar-refractivity contribution in [2.45, 2.75) is 63.9 Å². The highest BCUT2D eigenvalue weighted by Gasteiger charge is 2.79. The van der Waals surface area contributed by atoms with E-state index in [4.69, 9.17) is 13.9 Å². The zero-order valence-electron chi connectivity index (χ0n) is 14.7. The monoisotopic (exact) mass is 330 g/mol. The zero-order valence-corrected chi connectivity index (χ0v) is 14.7. The molecule has 2 bridgehead atoms. The summed E-state index contributed by atoms with van der Waals surface area (Å²) in [5, 5.41) is 11.2. The van der Waals surface area contributed by atoms with Crippen LogP contribution in [0, 0.1) is 16.7 Å². The van der Waals surface area contributed by atoms with Crippen LogP contribution < -0.4 is 0 Å². The van der Waals surface area contributed by atoms with Gasteiger partial charge in [-0.25, -0.2) is 0 Å². The van der Waals surface area contributed by atoms with Gasteiger partial charge in [0.05, 0.1) is 36.3 Å². The quantitative estimate of drug-likeness (QED) is 0.797. The van der Waals surface area contributed by atoms with Crippen molar-refractivity contribution in [2.75, 3.05) is 6.61 Å². The third kappa shape index (κ3) is 1.36. The summed E-state index contributed by atoms with van der Waals surface area (Å²) >= 11 is 0. The maximum absolute atomic E-state index is 11.2. The first-order chi connectivity index (χ1) is 11.4. The van der Waals surface area contributed by atoms with Crippen LogP contribution in [0.1, 0.15) is 52.0 Å². The molecule has 0 unspecified atom stereocenters. The summed E-state index contributed by atoms with van der Waals surface area (Å²) in [6.45, 7) is 7.29. The standard InChI is InChI=1S/C20H26O4/c1-13-5-4-7-20-17(3)11-19(24-20,15-6-8-22-10-15)23-12-18(13,20)16(21)9-14(17)2/h5-6,8,10,14,16,21H,4,7,9,11-12H2,1-3H3/t14-,16-,17+,18+,19+,20+/m0/s1. The fourth-order valence-electron chi connectivity index (χ4n) is 6.48. The average molecular weight is 330 g/mol. The first kappa shape index (κ1) is 15.2. The van der Waals surface area contributed by atoms with Crippen LogP contribution in [-0.2, 0) is 15.3 Å². The number of furan rings is 1. The van der Waals surface area contributed by atoms with Crippen molar-refractivity contribution in [1.29, 1.82) is 0 Å². The van der Waals surface area contributed by atoms with Crippen molar-refractivity contribution in [3.63, 3.8) is 0 Å². The largest absolute Gasteiger partial charge is 0.472 e. The molecule has 5 rings (SSSR count). The Morgan fingerprint density at radius 1 is 1.33 bits per heavy atom. The number of hydrogen-bond donors (Lipinski definition) is 1. The predicted molar refractivity (Wildman–Crippen MR) is 88.1 cm³/mol. The maximum Gasteiger partial charge on any atom is 0.199 e. The van der Waals surface area contributed by atoms with E-state index >= 15 is 0 Å². The predicted octanol–water partition coefficient (Wildman–Crippen LogP) is 3.76. The Morgan fingerprint density at radius 3 is 2.92 bits per heavy atom. The van der Waals surface area contributed by atoms with Crippen molar-refractivity contribution in [3.05, 3.63) is 35.8 Å². The molecule has 2 saturated heterocycles. The number of aliphatic hydroxyl groups excluding tert-OH is 1. The van der Waals surface area contributed by atoms with Gasteiger partial charge in [-0.15, -0.1) is 0 Å². The molecule has 3 heterocycles. The van der Waals surface area contributed by atoms with Crippen molar-refractivity contribution in [2.24, 2.45) is 16.7 Å². The van der Waals surface area contributed by atoms with E-state index in [9.17, 15) is 5.11 Å². The van der Waals surface area contributed by atoms with Crippen LogP contribution in [0.4, 0.5) is 0 Å². The van der Waals surface area contributed by atoms with Crippen LogP contribution in [0.3, 0.4) is 0 Å². The fourth-order valence-corrected chi connectivity index (χ4v) is 6.48. The summed E-state index contributed by atoms with van der Waals surface area (Å²) in [6, 6.07) is 1.96. The Morgan fingerprint density at radius 2 is 2.17 bits per heavy atom. The van der Waals surface area contributed by atoms with E-state index in [0.717, 1.165) is 31.2 Å². The lowest BCUT2D eigenvalue weighted by molar-refractivity contribution is -0.370. The van der Waals surface area contributed by atoms with Crippen LogP contribution in [0.15, 0.2) is 34.7 Å². The molecule has 24 heavy (non-hydrogen) atoms. The van der Waals surface area contributed by atoms with Crippen molar-refractivity contribution >= 4 is 0 Å². The van der Waals surface area contributed by atoms with Crippen LogP contribution in [0.25, 0.3) is 0 Å². The van der Waals surface area contributed by atoms with Crippen molar-refractivity contribution in [1.82, 2.24) is 0 Å². The topological polar surface area (TPSA) is 51.8 Å². The summed E-state index contributed by atoms with van der Waals surface area (Å²) in [5.74, 6) is -0.358. The van der Waals surface area contributed by atoms with Gasteiger partial charge < -0.3 is 19.0 Å². The van der Waals surface area contributed by atoms with Crippen molar-refractivity contribution < 1.29 is 19.0 Å². The minimum absolute atomic E-state index is 0.0322. The van der Waals surface area contributed by atoms with Crippen LogP contribution in [0.2, 0.25) is 0 Å². The van der Waals surface area contributed by atoms with Gasteiger partial charge in [0.2, 0.25) is 0 Å². The van der Waals surface area contributed by atoms with Gasteiger partial charge in [0, 0.05) is 17.4 Å². The molecule has 0 radical (unpaired) electrons. The van der Waals surface area contributed by atoms with Gasteiger partial charge in [-0.05, 0) is 38.2 Å². The summed E-state index contributed by atoms with van der Waals surface area (Å²) in [5.41, 5.74) is 1.38. The summed E-state index contributed by atoms with van der Waals surface area (Å²) in [7, 11) is 0. The zero-order chi connectivity index (χ0) is 16.8. The molecule has 1 spiro atoms. The Kier molecular flexibility index (Phi) is 2.75. The summed E-state index contributed by atoms with van der Waals surface area (Å²) < 4.78 is 18.7. The van der Waals surface area contributed by atoms with Gasteiger partial charge in [-0.3, -0.25) is 0 Å². The molecule has 4 aliphatic rings. The highest BCUT2D eigenvalue weighted by atomic mass is 16.7. The van der Waals surface area contributed by atoms with E-state index in [1.54, 1.807) is 12.5 Å². The second-order valence-corrected chi connectivity index (χ2v) is 8.63. The molecule has 2 aliphatic carbocycles. The second-order valence-electron chi connectivity index (χ2n) is 8.63. The normalized spacial score (nSPS) is 52.8. The number of allylic oxidation sites excluding steroid dienone is 1. The molecule has 1 saturated carbocycles. The van der Waals surface area contributed by atoms with Gasteiger partial charge in [-0.2, -0.15) is 0 Å². The third-order valence-electron chi connectivity index (χ3n) is 7.96. The molecular weight excluding hydrogens is 304 g/mol. The van der Waals surface area contributed by atoms with E-state index < -0.39 is 17.3 Å². The molecular formula is C20H26O4. The molecule has 3 fully saturated rings. The molecule has 130 valence electrons. The Hall–Kier alpha value is -1.10. The molecule has 0 aromatic carbocycles. The maximum atomic E-state index is 11.2. The minimum Gasteiger partial charge on any atom is -0.472 e. The molecule has 1 aromatic rings. The highest BCUT2D eigenvalue weighted by molar-refractivity contribution is 5.37. The van der Waals surface area contributed by atoms with Crippen LogP contribution in [-0.4, -0.2) is 23.4 Å². The molecule has 1 aromatic heterocycles. The van der Waals surface area contributed by atoms with E-state index in [-0.39, 0.29) is 11.0 Å². The Balaban J connectivity index is 1.77. The van der Waals surface area contributed by atoms with Gasteiger partial charge in [0.1, 0.15) is 0 Å². The number of ether oxygens (including phenoxy) is 2. The fraction of sp³-hybridized carbons (Fsp3) is 0.700. The summed E-state index contributed by atoms with van der Waals surface area (Å²) in [4.78, 5) is 0. The number of aliphatic hydroxyl groups is 1. The van der Waals surface area contributed by atoms with Gasteiger partial charge >= 0.3 is 0 Å². The molecule has 4 heteroatoms.